The lowest BCUT2D eigenvalue weighted by Crippen LogP contribution is -2.26. The molecule has 0 radical (unpaired) electrons. The number of nitrogens with one attached hydrogen (secondary N) is 1. The van der Waals surface area contributed by atoms with E-state index in [1.807, 2.05) is 0 Å². The van der Waals surface area contributed by atoms with Gasteiger partial charge >= 0.3 is 0 Å². The van der Waals surface area contributed by atoms with Crippen molar-refractivity contribution < 1.29 is 17.6 Å². The summed E-state index contributed by atoms with van der Waals surface area (Å²) in [5.41, 5.74) is 1.21. The van der Waals surface area contributed by atoms with Gasteiger partial charge in [0.25, 0.3) is 5.91 Å². The summed E-state index contributed by atoms with van der Waals surface area (Å²) in [7, 11) is -3.58. The molecule has 0 saturated heterocycles. The third kappa shape index (κ3) is 3.69. The maximum absolute atomic E-state index is 13.2. The van der Waals surface area contributed by atoms with Crippen molar-refractivity contribution in [1.82, 2.24) is 14.7 Å². The van der Waals surface area contributed by atoms with Crippen molar-refractivity contribution in [3.8, 4) is 0 Å². The number of amides is 1. The van der Waals surface area contributed by atoms with Gasteiger partial charge in [-0.25, -0.2) is 17.8 Å². The molecule has 0 aliphatic rings. The van der Waals surface area contributed by atoms with Gasteiger partial charge in [-0.2, -0.15) is 0 Å². The van der Waals surface area contributed by atoms with Crippen molar-refractivity contribution in [2.75, 3.05) is 12.8 Å². The van der Waals surface area contributed by atoms with E-state index in [4.69, 9.17) is 0 Å². The standard InChI is InChI=1S/C17H16FN3O3S/c1-25(23,24)17-20-15(14-7-2-3-10-21(14)17)16(22)19-9-8-12-5-4-6-13(18)11-12/h2-7,10-11H,8-9H2,1H3,(H,19,22). The van der Waals surface area contributed by atoms with Gasteiger partial charge in [0.15, 0.2) is 5.69 Å². The Labute approximate surface area is 144 Å². The highest BCUT2D eigenvalue weighted by atomic mass is 32.2. The smallest absolute Gasteiger partial charge is 0.272 e. The molecule has 2 aromatic heterocycles. The number of hydrogen-bond donors (Lipinski definition) is 1. The molecule has 0 aliphatic carbocycles. The van der Waals surface area contributed by atoms with Crippen molar-refractivity contribution in [2.24, 2.45) is 0 Å². The van der Waals surface area contributed by atoms with E-state index < -0.39 is 15.7 Å². The molecule has 0 fully saturated rings. The van der Waals surface area contributed by atoms with Crippen LogP contribution in [0.3, 0.4) is 0 Å². The zero-order valence-corrected chi connectivity index (χ0v) is 14.3. The summed E-state index contributed by atoms with van der Waals surface area (Å²) >= 11 is 0. The van der Waals surface area contributed by atoms with E-state index in [1.165, 1.54) is 16.5 Å². The largest absolute Gasteiger partial charge is 0.350 e. The van der Waals surface area contributed by atoms with Crippen LogP contribution in [0.1, 0.15) is 16.1 Å². The highest BCUT2D eigenvalue weighted by molar-refractivity contribution is 7.90. The van der Waals surface area contributed by atoms with Crippen molar-refractivity contribution in [3.63, 3.8) is 0 Å². The molecular formula is C17H16FN3O3S. The summed E-state index contributed by atoms with van der Waals surface area (Å²) in [6.07, 6.45) is 3.04. The summed E-state index contributed by atoms with van der Waals surface area (Å²) in [5.74, 6) is -0.809. The van der Waals surface area contributed by atoms with Crippen LogP contribution in [0.4, 0.5) is 4.39 Å². The minimum absolute atomic E-state index is 0.0419. The van der Waals surface area contributed by atoms with Gasteiger partial charge in [-0.1, -0.05) is 18.2 Å². The van der Waals surface area contributed by atoms with Crippen molar-refractivity contribution in [3.05, 3.63) is 65.7 Å². The summed E-state index contributed by atoms with van der Waals surface area (Å²) in [4.78, 5) is 16.4. The van der Waals surface area contributed by atoms with Crippen LogP contribution in [-0.2, 0) is 16.3 Å². The number of benzene rings is 1. The molecule has 1 N–H and O–H groups in total. The van der Waals surface area contributed by atoms with Crippen LogP contribution in [0.15, 0.2) is 53.8 Å². The Balaban J connectivity index is 1.81. The highest BCUT2D eigenvalue weighted by Gasteiger charge is 2.22. The van der Waals surface area contributed by atoms with E-state index in [0.717, 1.165) is 11.8 Å². The van der Waals surface area contributed by atoms with Gasteiger partial charge in [-0.15, -0.1) is 0 Å². The Morgan fingerprint density at radius 2 is 2.04 bits per heavy atom. The molecule has 3 rings (SSSR count). The van der Waals surface area contributed by atoms with Gasteiger partial charge in [-0.3, -0.25) is 9.20 Å². The summed E-state index contributed by atoms with van der Waals surface area (Å²) in [6.45, 7) is 0.280. The third-order valence-electron chi connectivity index (χ3n) is 3.65. The fourth-order valence-corrected chi connectivity index (χ4v) is 3.31. The van der Waals surface area contributed by atoms with Gasteiger partial charge < -0.3 is 5.32 Å². The van der Waals surface area contributed by atoms with E-state index >= 15 is 0 Å². The third-order valence-corrected chi connectivity index (χ3v) is 4.60. The lowest BCUT2D eigenvalue weighted by Gasteiger charge is -2.04. The zero-order valence-electron chi connectivity index (χ0n) is 13.4. The van der Waals surface area contributed by atoms with Crippen LogP contribution in [-0.4, -0.2) is 36.5 Å². The molecule has 6 nitrogen and oxygen atoms in total. The van der Waals surface area contributed by atoms with Gasteiger partial charge in [0.05, 0.1) is 5.52 Å². The average molecular weight is 361 g/mol. The Kier molecular flexibility index (Phi) is 4.54. The van der Waals surface area contributed by atoms with E-state index in [-0.39, 0.29) is 23.2 Å². The topological polar surface area (TPSA) is 80.5 Å². The molecule has 0 saturated carbocycles. The van der Waals surface area contributed by atoms with Crippen LogP contribution < -0.4 is 5.32 Å². The number of carbonyl (C=O) groups excluding carboxylic acids is 1. The number of nitrogens with zero attached hydrogens (tertiary/aromatic N) is 2. The van der Waals surface area contributed by atoms with Crippen LogP contribution in [0, 0.1) is 5.82 Å². The van der Waals surface area contributed by atoms with E-state index in [1.54, 1.807) is 36.5 Å². The second-order valence-electron chi connectivity index (χ2n) is 5.61. The van der Waals surface area contributed by atoms with Crippen molar-refractivity contribution in [1.29, 1.82) is 0 Å². The fourth-order valence-electron chi connectivity index (χ4n) is 2.53. The first-order valence-electron chi connectivity index (χ1n) is 7.56. The minimum atomic E-state index is -3.58. The molecular weight excluding hydrogens is 345 g/mol. The molecule has 2 heterocycles. The van der Waals surface area contributed by atoms with Gasteiger partial charge in [0.1, 0.15) is 5.82 Å². The lowest BCUT2D eigenvalue weighted by atomic mass is 10.1. The van der Waals surface area contributed by atoms with Gasteiger partial charge in [0, 0.05) is 19.0 Å². The molecule has 25 heavy (non-hydrogen) atoms. The number of hydrogen-bond acceptors (Lipinski definition) is 4. The maximum atomic E-state index is 13.2. The summed E-state index contributed by atoms with van der Waals surface area (Å²) < 4.78 is 38.2. The molecule has 1 aromatic carbocycles. The monoisotopic (exact) mass is 361 g/mol. The van der Waals surface area contributed by atoms with Crippen LogP contribution in [0.5, 0.6) is 0 Å². The van der Waals surface area contributed by atoms with Crippen LogP contribution >= 0.6 is 0 Å². The second-order valence-corrected chi connectivity index (χ2v) is 7.52. The molecule has 8 heteroatoms. The van der Waals surface area contributed by atoms with E-state index in [2.05, 4.69) is 10.3 Å². The Morgan fingerprint density at radius 3 is 2.76 bits per heavy atom. The molecule has 3 aromatic rings. The lowest BCUT2D eigenvalue weighted by molar-refractivity contribution is 0.0951. The number of rotatable bonds is 5. The normalized spacial score (nSPS) is 11.6. The second kappa shape index (κ2) is 6.64. The number of halogens is 1. The van der Waals surface area contributed by atoms with Gasteiger partial charge in [0.2, 0.25) is 15.0 Å². The summed E-state index contributed by atoms with van der Waals surface area (Å²) in [6, 6.07) is 11.1. The van der Waals surface area contributed by atoms with Crippen molar-refractivity contribution >= 4 is 21.3 Å². The van der Waals surface area contributed by atoms with E-state index in [9.17, 15) is 17.6 Å². The quantitative estimate of drug-likeness (QED) is 0.752. The predicted octanol–water partition coefficient (Wildman–Crippen LogP) is 1.85. The minimum Gasteiger partial charge on any atom is -0.350 e. The fraction of sp³-hybridized carbons (Fsp3) is 0.176. The van der Waals surface area contributed by atoms with E-state index in [0.29, 0.717) is 11.9 Å². The molecule has 0 unspecified atom stereocenters. The molecule has 0 spiro atoms. The number of sulfone groups is 1. The zero-order chi connectivity index (χ0) is 18.0. The number of aromatic nitrogens is 2. The SMILES string of the molecule is CS(=O)(=O)c1nc(C(=O)NCCc2cccc(F)c2)c2ccccn12. The van der Waals surface area contributed by atoms with Gasteiger partial charge in [-0.05, 0) is 36.2 Å². The van der Waals surface area contributed by atoms with Crippen LogP contribution in [0.2, 0.25) is 0 Å². The first-order valence-corrected chi connectivity index (χ1v) is 9.45. The first-order chi connectivity index (χ1) is 11.9. The molecule has 130 valence electrons. The Hall–Kier alpha value is -2.74. The maximum Gasteiger partial charge on any atom is 0.272 e. The first kappa shape index (κ1) is 17.1. The number of fused-ring (bicyclic) bond motifs is 1. The van der Waals surface area contributed by atoms with Crippen molar-refractivity contribution in [2.45, 2.75) is 11.6 Å². The Morgan fingerprint density at radius 1 is 1.24 bits per heavy atom. The predicted molar refractivity (Wildman–Crippen MR) is 90.7 cm³/mol. The number of carbonyl (C=O) groups is 1. The molecule has 0 bridgehead atoms. The highest BCUT2D eigenvalue weighted by Crippen LogP contribution is 2.16. The average Bonchev–Trinajstić information content (AvgIpc) is 2.95. The Bertz CT molecular complexity index is 1040. The molecule has 1 amide bonds. The molecule has 0 aliphatic heterocycles. The number of pyridine rings is 1. The van der Waals surface area contributed by atoms with Crippen LogP contribution in [0.25, 0.3) is 5.52 Å². The summed E-state index contributed by atoms with van der Waals surface area (Å²) in [5, 5.41) is 2.51. The molecule has 0 atom stereocenters. The number of imidazole rings is 1.